The highest BCUT2D eigenvalue weighted by Crippen LogP contribution is 2.34. The summed E-state index contributed by atoms with van der Waals surface area (Å²) in [5.41, 5.74) is -0.00220. The molecule has 1 aromatic heterocycles. The second-order valence-corrected chi connectivity index (χ2v) is 8.63. The van der Waals surface area contributed by atoms with Crippen LogP contribution in [0.15, 0.2) is 59.6 Å². The summed E-state index contributed by atoms with van der Waals surface area (Å²) in [5, 5.41) is 7.41. The lowest BCUT2D eigenvalue weighted by molar-refractivity contribution is 0.588. The Kier molecular flexibility index (Phi) is 4.94. The van der Waals surface area contributed by atoms with E-state index in [1.807, 2.05) is 0 Å². The summed E-state index contributed by atoms with van der Waals surface area (Å²) in [4.78, 5) is -0.323. The normalized spacial score (nSPS) is 11.7. The molecule has 4 aromatic rings. The number of hydrogen-bond acceptors (Lipinski definition) is 3. The van der Waals surface area contributed by atoms with Gasteiger partial charge >= 0.3 is 0 Å². The van der Waals surface area contributed by atoms with Gasteiger partial charge in [0.25, 0.3) is 10.0 Å². The number of aromatic nitrogens is 2. The van der Waals surface area contributed by atoms with Crippen LogP contribution in [-0.4, -0.2) is 18.6 Å². The first-order chi connectivity index (χ1) is 13.8. The summed E-state index contributed by atoms with van der Waals surface area (Å²) < 4.78 is 57.0. The molecule has 0 unspecified atom stereocenters. The van der Waals surface area contributed by atoms with Gasteiger partial charge < -0.3 is 0 Å². The molecule has 1 heterocycles. The fraction of sp³-hybridized carbons (Fsp3) is 0. The summed E-state index contributed by atoms with van der Waals surface area (Å²) in [6.45, 7) is 0. The second kappa shape index (κ2) is 7.29. The quantitative estimate of drug-likeness (QED) is 0.421. The number of rotatable bonds is 4. The van der Waals surface area contributed by atoms with Crippen molar-refractivity contribution < 1.29 is 17.2 Å². The zero-order valence-electron chi connectivity index (χ0n) is 14.4. The third kappa shape index (κ3) is 3.66. The van der Waals surface area contributed by atoms with Crippen molar-refractivity contribution in [3.63, 3.8) is 0 Å². The number of fused-ring (bicyclic) bond motifs is 1. The first-order valence-electron chi connectivity index (χ1n) is 8.15. The van der Waals surface area contributed by atoms with Crippen molar-refractivity contribution >= 4 is 49.8 Å². The predicted molar refractivity (Wildman–Crippen MR) is 109 cm³/mol. The number of nitrogens with one attached hydrogen (secondary N) is 2. The molecule has 29 heavy (non-hydrogen) atoms. The van der Waals surface area contributed by atoms with Gasteiger partial charge in [-0.1, -0.05) is 35.3 Å². The van der Waals surface area contributed by atoms with Crippen molar-refractivity contribution in [3.05, 3.63) is 76.4 Å². The van der Waals surface area contributed by atoms with Gasteiger partial charge in [-0.25, -0.2) is 17.2 Å². The Morgan fingerprint density at radius 2 is 1.79 bits per heavy atom. The number of halogens is 4. The van der Waals surface area contributed by atoms with Crippen LogP contribution in [0, 0.1) is 11.6 Å². The Bertz CT molecular complexity index is 1360. The van der Waals surface area contributed by atoms with E-state index in [2.05, 4.69) is 14.9 Å². The molecule has 2 N–H and O–H groups in total. The molecule has 0 amide bonds. The van der Waals surface area contributed by atoms with Gasteiger partial charge in [0.15, 0.2) is 5.82 Å². The van der Waals surface area contributed by atoms with E-state index in [9.17, 15) is 12.8 Å². The van der Waals surface area contributed by atoms with E-state index in [1.165, 1.54) is 24.3 Å². The molecule has 0 radical (unpaired) electrons. The number of sulfonamides is 1. The van der Waals surface area contributed by atoms with Crippen LogP contribution in [0.25, 0.3) is 22.0 Å². The Hall–Kier alpha value is -2.68. The zero-order valence-corrected chi connectivity index (χ0v) is 16.7. The largest absolute Gasteiger partial charge is 0.278 e. The van der Waals surface area contributed by atoms with Crippen molar-refractivity contribution in [1.29, 1.82) is 0 Å². The molecule has 0 aliphatic carbocycles. The molecular weight excluding hydrogens is 443 g/mol. The number of nitrogens with zero attached hydrogens (tertiary/aromatic N) is 1. The Morgan fingerprint density at radius 3 is 2.59 bits per heavy atom. The van der Waals surface area contributed by atoms with E-state index >= 15 is 4.39 Å². The minimum atomic E-state index is -4.27. The van der Waals surface area contributed by atoms with Gasteiger partial charge in [-0.15, -0.1) is 0 Å². The lowest BCUT2D eigenvalue weighted by atomic mass is 10.0. The zero-order chi connectivity index (χ0) is 20.8. The highest BCUT2D eigenvalue weighted by molar-refractivity contribution is 7.92. The summed E-state index contributed by atoms with van der Waals surface area (Å²) >= 11 is 11.8. The maximum absolute atomic E-state index is 15.1. The van der Waals surface area contributed by atoms with Gasteiger partial charge in [-0.2, -0.15) is 5.10 Å². The molecule has 0 fully saturated rings. The van der Waals surface area contributed by atoms with Crippen LogP contribution in [0.3, 0.4) is 0 Å². The lowest BCUT2D eigenvalue weighted by Gasteiger charge is -2.13. The average Bonchev–Trinajstić information content (AvgIpc) is 3.14. The van der Waals surface area contributed by atoms with E-state index < -0.39 is 27.3 Å². The highest BCUT2D eigenvalue weighted by Gasteiger charge is 2.23. The third-order valence-electron chi connectivity index (χ3n) is 4.25. The fourth-order valence-corrected chi connectivity index (χ4v) is 4.69. The van der Waals surface area contributed by atoms with Crippen LogP contribution < -0.4 is 4.72 Å². The third-order valence-corrected chi connectivity index (χ3v) is 6.33. The Morgan fingerprint density at radius 1 is 1.00 bits per heavy atom. The number of anilines is 1. The molecular formula is C19H11Cl2F2N3O2S. The fourth-order valence-electron chi connectivity index (χ4n) is 2.87. The summed E-state index contributed by atoms with van der Waals surface area (Å²) in [5.74, 6) is -1.91. The van der Waals surface area contributed by atoms with Crippen molar-refractivity contribution in [1.82, 2.24) is 10.2 Å². The van der Waals surface area contributed by atoms with Crippen molar-refractivity contribution in [2.24, 2.45) is 0 Å². The van der Waals surface area contributed by atoms with E-state index in [0.29, 0.717) is 5.52 Å². The van der Waals surface area contributed by atoms with E-state index in [0.717, 1.165) is 23.6 Å². The molecule has 148 valence electrons. The van der Waals surface area contributed by atoms with Crippen LogP contribution in [0.4, 0.5) is 14.5 Å². The Balaban J connectivity index is 1.80. The van der Waals surface area contributed by atoms with Gasteiger partial charge in [0.2, 0.25) is 0 Å². The maximum Gasteiger partial charge on any atom is 0.263 e. The van der Waals surface area contributed by atoms with E-state index in [1.54, 1.807) is 12.3 Å². The summed E-state index contributed by atoms with van der Waals surface area (Å²) in [7, 11) is -4.27. The maximum atomic E-state index is 15.1. The minimum absolute atomic E-state index is 0.0886. The lowest BCUT2D eigenvalue weighted by Crippen LogP contribution is -2.15. The van der Waals surface area contributed by atoms with Crippen LogP contribution in [-0.2, 0) is 10.0 Å². The first-order valence-corrected chi connectivity index (χ1v) is 10.4. The predicted octanol–water partition coefficient (Wildman–Crippen LogP) is 5.62. The summed E-state index contributed by atoms with van der Waals surface area (Å²) in [6, 6.07) is 10.5. The molecule has 0 spiro atoms. The van der Waals surface area contributed by atoms with E-state index in [4.69, 9.17) is 23.2 Å². The smallest absolute Gasteiger partial charge is 0.263 e. The van der Waals surface area contributed by atoms with E-state index in [-0.39, 0.29) is 26.1 Å². The second-order valence-electron chi connectivity index (χ2n) is 6.14. The van der Waals surface area contributed by atoms with Crippen molar-refractivity contribution in [2.75, 3.05) is 4.72 Å². The van der Waals surface area contributed by atoms with Gasteiger partial charge in [0.1, 0.15) is 10.7 Å². The van der Waals surface area contributed by atoms with Crippen LogP contribution in [0.2, 0.25) is 10.0 Å². The van der Waals surface area contributed by atoms with Gasteiger partial charge in [-0.3, -0.25) is 9.82 Å². The molecule has 0 aliphatic rings. The number of hydrogen-bond donors (Lipinski definition) is 2. The number of aromatic amines is 1. The first kappa shape index (κ1) is 19.6. The molecule has 4 rings (SSSR count). The average molecular weight is 454 g/mol. The van der Waals surface area contributed by atoms with Crippen LogP contribution in [0.5, 0.6) is 0 Å². The Labute approximate surface area is 174 Å². The van der Waals surface area contributed by atoms with Gasteiger partial charge in [-0.05, 0) is 42.0 Å². The topological polar surface area (TPSA) is 74.8 Å². The molecule has 5 nitrogen and oxygen atoms in total. The summed E-state index contributed by atoms with van der Waals surface area (Å²) in [6.07, 6.45) is 1.57. The highest BCUT2D eigenvalue weighted by atomic mass is 35.5. The molecule has 0 bridgehead atoms. The minimum Gasteiger partial charge on any atom is -0.278 e. The van der Waals surface area contributed by atoms with Crippen molar-refractivity contribution in [3.8, 4) is 11.1 Å². The van der Waals surface area contributed by atoms with Crippen molar-refractivity contribution in [2.45, 2.75) is 4.90 Å². The molecule has 3 aromatic carbocycles. The molecule has 0 atom stereocenters. The van der Waals surface area contributed by atoms with Crippen LogP contribution >= 0.6 is 23.2 Å². The molecule has 10 heteroatoms. The SMILES string of the molecule is O=S(=O)(Nc1ccc(F)c(-c2ccc3cn[nH]c3c2)c1F)c1cc(Cl)ccc1Cl. The molecule has 0 saturated carbocycles. The molecule has 0 saturated heterocycles. The monoisotopic (exact) mass is 453 g/mol. The number of H-pyrrole nitrogens is 1. The number of benzene rings is 3. The van der Waals surface area contributed by atoms with Gasteiger partial charge in [0, 0.05) is 10.4 Å². The van der Waals surface area contributed by atoms with Crippen LogP contribution in [0.1, 0.15) is 0 Å². The van der Waals surface area contributed by atoms with Gasteiger partial charge in [0.05, 0.1) is 28.0 Å². The molecule has 0 aliphatic heterocycles. The standard InChI is InChI=1S/C19H11Cl2F2N3O2S/c20-12-3-4-13(21)17(8-12)29(27,28)26-15-6-5-14(22)18(19(15)23)10-1-2-11-9-24-25-16(11)7-10/h1-9,26H,(H,24,25).